The number of aromatic amines is 1. The maximum atomic E-state index is 13.2. The Morgan fingerprint density at radius 2 is 1.95 bits per heavy atom. The molecule has 4 aromatic heterocycles. The maximum Gasteiger partial charge on any atom is 0.433 e. The summed E-state index contributed by atoms with van der Waals surface area (Å²) in [6, 6.07) is 7.89. The summed E-state index contributed by atoms with van der Waals surface area (Å²) in [7, 11) is 0. The minimum Gasteiger partial charge on any atom is -0.474 e. The number of halogens is 3. The number of hydrogen-bond acceptors (Lipinski definition) is 8. The smallest absolute Gasteiger partial charge is 0.433 e. The lowest BCUT2D eigenvalue weighted by molar-refractivity contribution is -0.141. The van der Waals surface area contributed by atoms with Crippen molar-refractivity contribution in [3.63, 3.8) is 0 Å². The first kappa shape index (κ1) is 25.8. The zero-order chi connectivity index (χ0) is 27.9. The number of fused-ring (bicyclic) bond motifs is 1. The number of pyridine rings is 1. The Kier molecular flexibility index (Phi) is 6.39. The van der Waals surface area contributed by atoms with Gasteiger partial charge in [-0.3, -0.25) is 9.58 Å². The van der Waals surface area contributed by atoms with Crippen molar-refractivity contribution in [1.82, 2.24) is 34.6 Å². The maximum absolute atomic E-state index is 13.2. The van der Waals surface area contributed by atoms with Gasteiger partial charge in [-0.05, 0) is 43.7 Å². The second kappa shape index (κ2) is 9.92. The van der Waals surface area contributed by atoms with Crippen LogP contribution in [0.5, 0.6) is 5.88 Å². The highest BCUT2D eigenvalue weighted by Crippen LogP contribution is 2.49. The Bertz CT molecular complexity index is 1620. The number of nitrogens with zero attached hydrogens (tertiary/aromatic N) is 8. The molecule has 0 spiro atoms. The van der Waals surface area contributed by atoms with Gasteiger partial charge in [0.15, 0.2) is 0 Å². The van der Waals surface area contributed by atoms with Crippen LogP contribution in [0.1, 0.15) is 43.4 Å². The Morgan fingerprint density at radius 1 is 1.15 bits per heavy atom. The summed E-state index contributed by atoms with van der Waals surface area (Å²) in [5.74, 6) is 0.0515. The number of aromatic nitrogens is 6. The number of hydrogen-bond donors (Lipinski definition) is 1. The van der Waals surface area contributed by atoms with Gasteiger partial charge in [-0.15, -0.1) is 0 Å². The first-order chi connectivity index (χ1) is 19.3. The fourth-order valence-corrected chi connectivity index (χ4v) is 5.84. The molecule has 1 N–H and O–H groups in total. The number of piperidine rings is 1. The second-order valence-electron chi connectivity index (χ2n) is 10.2. The van der Waals surface area contributed by atoms with Crippen LogP contribution in [0.15, 0.2) is 43.1 Å². The molecular formula is C27H24F3N9O. The zero-order valence-corrected chi connectivity index (χ0v) is 21.3. The summed E-state index contributed by atoms with van der Waals surface area (Å²) in [5.41, 5.74) is 0.657. The van der Waals surface area contributed by atoms with Crippen LogP contribution < -0.4 is 4.74 Å². The van der Waals surface area contributed by atoms with Crippen LogP contribution in [0, 0.1) is 28.6 Å². The van der Waals surface area contributed by atoms with Crippen molar-refractivity contribution in [2.75, 3.05) is 13.1 Å². The molecule has 0 unspecified atom stereocenters. The first-order valence-electron chi connectivity index (χ1n) is 12.9. The summed E-state index contributed by atoms with van der Waals surface area (Å²) in [5, 5.41) is 24.0. The molecule has 5 heterocycles. The fourth-order valence-electron chi connectivity index (χ4n) is 5.84. The lowest BCUT2D eigenvalue weighted by Crippen LogP contribution is -2.61. The lowest BCUT2D eigenvalue weighted by atomic mass is 9.71. The molecule has 13 heteroatoms. The molecule has 0 atom stereocenters. The number of H-pyrrole nitrogens is 1. The van der Waals surface area contributed by atoms with Gasteiger partial charge in [0, 0.05) is 48.9 Å². The highest BCUT2D eigenvalue weighted by molar-refractivity contribution is 5.89. The van der Waals surface area contributed by atoms with Crippen molar-refractivity contribution in [1.29, 1.82) is 10.5 Å². The van der Waals surface area contributed by atoms with Gasteiger partial charge in [0.25, 0.3) is 0 Å². The highest BCUT2D eigenvalue weighted by atomic mass is 19.4. The number of alkyl halides is 3. The van der Waals surface area contributed by atoms with Crippen molar-refractivity contribution < 1.29 is 17.9 Å². The van der Waals surface area contributed by atoms with E-state index in [1.807, 2.05) is 23.1 Å². The van der Waals surface area contributed by atoms with Crippen molar-refractivity contribution in [2.24, 2.45) is 5.92 Å². The van der Waals surface area contributed by atoms with E-state index in [1.54, 1.807) is 12.3 Å². The van der Waals surface area contributed by atoms with E-state index in [0.717, 1.165) is 35.1 Å². The van der Waals surface area contributed by atoms with Gasteiger partial charge in [-0.1, -0.05) is 0 Å². The molecule has 0 radical (unpaired) electrons. The summed E-state index contributed by atoms with van der Waals surface area (Å²) < 4.78 is 47.5. The number of likely N-dealkylation sites (tertiary alicyclic amines) is 1. The fraction of sp³-hybridized carbons (Fsp3) is 0.407. The quantitative estimate of drug-likeness (QED) is 0.370. The van der Waals surface area contributed by atoms with E-state index in [-0.39, 0.29) is 23.5 Å². The molecule has 6 rings (SSSR count). The third-order valence-corrected chi connectivity index (χ3v) is 7.79. The van der Waals surface area contributed by atoms with Crippen LogP contribution in [0.2, 0.25) is 0 Å². The molecule has 0 aromatic carbocycles. The minimum atomic E-state index is -4.67. The lowest BCUT2D eigenvalue weighted by Gasteiger charge is -2.55. The first-order valence-corrected chi connectivity index (χ1v) is 12.9. The third-order valence-electron chi connectivity index (χ3n) is 7.79. The van der Waals surface area contributed by atoms with Gasteiger partial charge in [0.2, 0.25) is 5.88 Å². The molecule has 10 nitrogen and oxygen atoms in total. The van der Waals surface area contributed by atoms with E-state index in [9.17, 15) is 18.4 Å². The van der Waals surface area contributed by atoms with E-state index >= 15 is 0 Å². The van der Waals surface area contributed by atoms with Crippen LogP contribution in [0.4, 0.5) is 13.2 Å². The summed E-state index contributed by atoms with van der Waals surface area (Å²) in [6.07, 6.45) is 5.19. The number of nitriles is 2. The van der Waals surface area contributed by atoms with Gasteiger partial charge >= 0.3 is 6.18 Å². The van der Waals surface area contributed by atoms with Crippen LogP contribution in [0.3, 0.4) is 0 Å². The minimum absolute atomic E-state index is 0.151. The number of nitrogens with one attached hydrogen (secondary N) is 1. The van der Waals surface area contributed by atoms with Gasteiger partial charge in [-0.25, -0.2) is 15.0 Å². The van der Waals surface area contributed by atoms with Crippen molar-refractivity contribution in [2.45, 2.75) is 50.0 Å². The van der Waals surface area contributed by atoms with Crippen molar-refractivity contribution >= 4 is 11.0 Å². The molecule has 0 bridgehead atoms. The molecule has 2 fully saturated rings. The molecule has 2 aliphatic rings. The predicted octanol–water partition coefficient (Wildman–Crippen LogP) is 4.63. The molecule has 1 aliphatic carbocycles. The van der Waals surface area contributed by atoms with Gasteiger partial charge in [0.1, 0.15) is 29.4 Å². The van der Waals surface area contributed by atoms with Crippen molar-refractivity contribution in [3.05, 3.63) is 54.4 Å². The Labute approximate surface area is 227 Å². The molecule has 1 aliphatic heterocycles. The highest BCUT2D eigenvalue weighted by Gasteiger charge is 2.51. The number of ether oxygens (including phenoxy) is 1. The van der Waals surface area contributed by atoms with Gasteiger partial charge in [-0.2, -0.15) is 28.8 Å². The van der Waals surface area contributed by atoms with E-state index in [1.165, 1.54) is 12.4 Å². The Morgan fingerprint density at radius 3 is 2.67 bits per heavy atom. The van der Waals surface area contributed by atoms with E-state index < -0.39 is 17.5 Å². The van der Waals surface area contributed by atoms with Crippen LogP contribution in [0.25, 0.3) is 22.3 Å². The Balaban J connectivity index is 1.21. The summed E-state index contributed by atoms with van der Waals surface area (Å²) in [4.78, 5) is 17.7. The van der Waals surface area contributed by atoms with E-state index in [0.29, 0.717) is 38.4 Å². The van der Waals surface area contributed by atoms with E-state index in [2.05, 4.69) is 30.9 Å². The standard InChI is InChI=1S/C27H24F3N9O/c28-27(29,30)22-9-18(13-32)10-23(37-22)40-20-3-7-38(8-4-20)26(11-17(12-26)1-5-31)39-15-19(14-36-39)24-21-2-6-33-25(21)35-16-34-24/h2,6,9-10,14-17,20H,1,3-4,7-8,11-12H2,(H,33,34,35)/t17-,26-. The normalized spacial score (nSPS) is 22.0. The molecule has 204 valence electrons. The topological polar surface area (TPSA) is 132 Å². The third kappa shape index (κ3) is 4.62. The Hall–Kier alpha value is -4.49. The average molecular weight is 548 g/mol. The largest absolute Gasteiger partial charge is 0.474 e. The molecule has 4 aromatic rings. The monoisotopic (exact) mass is 547 g/mol. The van der Waals surface area contributed by atoms with Gasteiger partial charge in [0.05, 0.1) is 29.6 Å². The van der Waals surface area contributed by atoms with Crippen molar-refractivity contribution in [3.8, 4) is 29.3 Å². The van der Waals surface area contributed by atoms with Crippen LogP contribution in [-0.4, -0.2) is 53.8 Å². The summed E-state index contributed by atoms with van der Waals surface area (Å²) in [6.45, 7) is 1.25. The average Bonchev–Trinajstić information content (AvgIpc) is 3.61. The SMILES string of the molecule is N#CC[C@H]1C[C@](N2CCC(Oc3cc(C#N)cc(C(F)(F)F)n3)CC2)(n2cc(-c3ncnc4[nH]ccc34)cn2)C1. The molecule has 1 saturated carbocycles. The molecule has 40 heavy (non-hydrogen) atoms. The van der Waals surface area contributed by atoms with Crippen LogP contribution >= 0.6 is 0 Å². The predicted molar refractivity (Wildman–Crippen MR) is 135 cm³/mol. The zero-order valence-electron chi connectivity index (χ0n) is 21.3. The van der Waals surface area contributed by atoms with Gasteiger partial charge < -0.3 is 9.72 Å². The number of rotatable bonds is 6. The van der Waals surface area contributed by atoms with Crippen LogP contribution in [-0.2, 0) is 11.8 Å². The molecular weight excluding hydrogens is 523 g/mol. The summed E-state index contributed by atoms with van der Waals surface area (Å²) >= 11 is 0. The molecule has 0 amide bonds. The molecule has 1 saturated heterocycles. The second-order valence-corrected chi connectivity index (χ2v) is 10.2. The van der Waals surface area contributed by atoms with E-state index in [4.69, 9.17) is 15.1 Å².